The zero-order valence-corrected chi connectivity index (χ0v) is 11.9. The molecule has 0 bridgehead atoms. The van der Waals surface area contributed by atoms with Crippen molar-refractivity contribution in [3.05, 3.63) is 0 Å². The molecular formula is C14H28N2O2. The molecule has 0 saturated carbocycles. The van der Waals surface area contributed by atoms with E-state index >= 15 is 0 Å². The molecule has 0 spiro atoms. The maximum absolute atomic E-state index is 12.2. The third-order valence-electron chi connectivity index (χ3n) is 3.48. The maximum atomic E-state index is 12.2. The summed E-state index contributed by atoms with van der Waals surface area (Å²) in [6.07, 6.45) is 6.13. The van der Waals surface area contributed by atoms with Crippen molar-refractivity contribution < 1.29 is 9.53 Å². The maximum Gasteiger partial charge on any atom is 0.222 e. The average Bonchev–Trinajstić information content (AvgIpc) is 2.87. The van der Waals surface area contributed by atoms with Crippen molar-refractivity contribution in [3.8, 4) is 0 Å². The summed E-state index contributed by atoms with van der Waals surface area (Å²) in [4.78, 5) is 14.2. The van der Waals surface area contributed by atoms with E-state index in [9.17, 15) is 4.79 Å². The van der Waals surface area contributed by atoms with Crippen LogP contribution in [0.2, 0.25) is 0 Å². The molecule has 0 aliphatic carbocycles. The van der Waals surface area contributed by atoms with Gasteiger partial charge in [0.05, 0.1) is 0 Å². The average molecular weight is 256 g/mol. The fourth-order valence-corrected chi connectivity index (χ4v) is 2.37. The van der Waals surface area contributed by atoms with Crippen molar-refractivity contribution in [2.24, 2.45) is 0 Å². The van der Waals surface area contributed by atoms with Crippen molar-refractivity contribution in [1.82, 2.24) is 10.2 Å². The minimum absolute atomic E-state index is 0.286. The first-order valence-electron chi connectivity index (χ1n) is 7.28. The van der Waals surface area contributed by atoms with E-state index in [-0.39, 0.29) is 5.91 Å². The summed E-state index contributed by atoms with van der Waals surface area (Å²) in [6, 6.07) is 0.508. The van der Waals surface area contributed by atoms with Gasteiger partial charge in [-0.15, -0.1) is 0 Å². The Hall–Kier alpha value is -0.610. The van der Waals surface area contributed by atoms with Gasteiger partial charge in [-0.25, -0.2) is 0 Å². The molecule has 4 heteroatoms. The van der Waals surface area contributed by atoms with E-state index in [1.54, 1.807) is 7.11 Å². The zero-order valence-electron chi connectivity index (χ0n) is 11.9. The van der Waals surface area contributed by atoms with Crippen LogP contribution < -0.4 is 5.32 Å². The third-order valence-corrected chi connectivity index (χ3v) is 3.48. The van der Waals surface area contributed by atoms with Crippen LogP contribution in [0.3, 0.4) is 0 Å². The molecule has 1 amide bonds. The number of amides is 1. The van der Waals surface area contributed by atoms with E-state index < -0.39 is 0 Å². The first kappa shape index (κ1) is 15.4. The second kappa shape index (κ2) is 9.34. The largest absolute Gasteiger partial charge is 0.385 e. The van der Waals surface area contributed by atoms with Crippen molar-refractivity contribution in [1.29, 1.82) is 0 Å². The normalized spacial score (nSPS) is 19.1. The number of rotatable bonds is 9. The van der Waals surface area contributed by atoms with E-state index in [0.717, 1.165) is 38.9 Å². The molecule has 0 aromatic rings. The smallest absolute Gasteiger partial charge is 0.222 e. The highest BCUT2D eigenvalue weighted by molar-refractivity contribution is 5.76. The lowest BCUT2D eigenvalue weighted by Crippen LogP contribution is -2.41. The van der Waals surface area contributed by atoms with Gasteiger partial charge >= 0.3 is 0 Å². The fraction of sp³-hybridized carbons (Fsp3) is 0.929. The van der Waals surface area contributed by atoms with Gasteiger partial charge in [0.15, 0.2) is 0 Å². The molecule has 18 heavy (non-hydrogen) atoms. The van der Waals surface area contributed by atoms with Crippen LogP contribution in [-0.4, -0.2) is 50.2 Å². The Morgan fingerprint density at radius 1 is 1.44 bits per heavy atom. The van der Waals surface area contributed by atoms with E-state index in [4.69, 9.17) is 4.74 Å². The molecule has 1 aliphatic rings. The van der Waals surface area contributed by atoms with Crippen LogP contribution >= 0.6 is 0 Å². The molecule has 0 aromatic carbocycles. The first-order valence-corrected chi connectivity index (χ1v) is 7.28. The minimum atomic E-state index is 0.286. The number of unbranched alkanes of at least 4 members (excludes halogenated alkanes) is 1. The van der Waals surface area contributed by atoms with Crippen molar-refractivity contribution in [2.45, 2.75) is 51.5 Å². The predicted molar refractivity (Wildman–Crippen MR) is 73.6 cm³/mol. The topological polar surface area (TPSA) is 41.6 Å². The molecule has 1 aliphatic heterocycles. The van der Waals surface area contributed by atoms with Gasteiger partial charge in [0.1, 0.15) is 0 Å². The Labute approximate surface area is 111 Å². The first-order chi connectivity index (χ1) is 8.77. The van der Waals surface area contributed by atoms with Gasteiger partial charge in [-0.3, -0.25) is 4.79 Å². The van der Waals surface area contributed by atoms with Gasteiger partial charge < -0.3 is 15.0 Å². The molecular weight excluding hydrogens is 228 g/mol. The number of carbonyl (C=O) groups is 1. The van der Waals surface area contributed by atoms with Crippen LogP contribution in [0.25, 0.3) is 0 Å². The highest BCUT2D eigenvalue weighted by Gasteiger charge is 2.20. The van der Waals surface area contributed by atoms with Crippen LogP contribution in [0.5, 0.6) is 0 Å². The Morgan fingerprint density at radius 2 is 2.28 bits per heavy atom. The van der Waals surface area contributed by atoms with E-state index in [1.165, 1.54) is 12.8 Å². The third kappa shape index (κ3) is 5.83. The van der Waals surface area contributed by atoms with Gasteiger partial charge in [-0.05, 0) is 32.2 Å². The summed E-state index contributed by atoms with van der Waals surface area (Å²) in [5, 5.41) is 3.47. The van der Waals surface area contributed by atoms with Crippen LogP contribution in [0.4, 0.5) is 0 Å². The Balaban J connectivity index is 2.34. The summed E-state index contributed by atoms with van der Waals surface area (Å²) in [5.74, 6) is 0.286. The standard InChI is InChI=1S/C14H28N2O2/c1-3-4-10-16(12-13-7-5-9-15-13)14(17)8-6-11-18-2/h13,15H,3-12H2,1-2H3. The molecule has 4 nitrogen and oxygen atoms in total. The molecule has 1 fully saturated rings. The highest BCUT2D eigenvalue weighted by atomic mass is 16.5. The van der Waals surface area contributed by atoms with Gasteiger partial charge in [-0.2, -0.15) is 0 Å². The lowest BCUT2D eigenvalue weighted by Gasteiger charge is -2.26. The molecule has 1 saturated heterocycles. The number of nitrogens with zero attached hydrogens (tertiary/aromatic N) is 1. The molecule has 0 aromatic heterocycles. The van der Waals surface area contributed by atoms with Crippen LogP contribution in [-0.2, 0) is 9.53 Å². The summed E-state index contributed by atoms with van der Waals surface area (Å²) in [5.41, 5.74) is 0. The van der Waals surface area contributed by atoms with Crippen LogP contribution in [0.15, 0.2) is 0 Å². The van der Waals surface area contributed by atoms with Gasteiger partial charge in [0.2, 0.25) is 5.91 Å². The van der Waals surface area contributed by atoms with E-state index in [1.807, 2.05) is 4.90 Å². The highest BCUT2D eigenvalue weighted by Crippen LogP contribution is 2.09. The second-order valence-electron chi connectivity index (χ2n) is 5.08. The number of hydrogen-bond donors (Lipinski definition) is 1. The molecule has 1 atom stereocenters. The lowest BCUT2D eigenvalue weighted by atomic mass is 10.2. The SMILES string of the molecule is CCCCN(CC1CCCN1)C(=O)CCCOC. The zero-order chi connectivity index (χ0) is 13.2. The van der Waals surface area contributed by atoms with Gasteiger partial charge in [0.25, 0.3) is 0 Å². The minimum Gasteiger partial charge on any atom is -0.385 e. The molecule has 106 valence electrons. The Morgan fingerprint density at radius 3 is 2.89 bits per heavy atom. The summed E-state index contributed by atoms with van der Waals surface area (Å²) < 4.78 is 5.00. The second-order valence-corrected chi connectivity index (χ2v) is 5.08. The summed E-state index contributed by atoms with van der Waals surface area (Å²) >= 11 is 0. The van der Waals surface area contributed by atoms with E-state index in [0.29, 0.717) is 19.1 Å². The number of carbonyl (C=O) groups excluding carboxylic acids is 1. The molecule has 1 rings (SSSR count). The number of nitrogens with one attached hydrogen (secondary N) is 1. The molecule has 1 heterocycles. The van der Waals surface area contributed by atoms with Crippen molar-refractivity contribution in [2.75, 3.05) is 33.4 Å². The van der Waals surface area contributed by atoms with Crippen molar-refractivity contribution in [3.63, 3.8) is 0 Å². The Bertz CT molecular complexity index is 228. The monoisotopic (exact) mass is 256 g/mol. The number of hydrogen-bond acceptors (Lipinski definition) is 3. The van der Waals surface area contributed by atoms with Gasteiger partial charge in [-0.1, -0.05) is 13.3 Å². The lowest BCUT2D eigenvalue weighted by molar-refractivity contribution is -0.131. The fourth-order valence-electron chi connectivity index (χ4n) is 2.37. The van der Waals surface area contributed by atoms with Crippen molar-refractivity contribution >= 4 is 5.91 Å². The predicted octanol–water partition coefficient (Wildman–Crippen LogP) is 1.79. The van der Waals surface area contributed by atoms with Crippen LogP contribution in [0.1, 0.15) is 45.4 Å². The number of methoxy groups -OCH3 is 1. The number of ether oxygens (including phenoxy) is 1. The van der Waals surface area contributed by atoms with E-state index in [2.05, 4.69) is 12.2 Å². The van der Waals surface area contributed by atoms with Crippen LogP contribution in [0, 0.1) is 0 Å². The summed E-state index contributed by atoms with van der Waals surface area (Å²) in [7, 11) is 1.68. The Kier molecular flexibility index (Phi) is 8.01. The molecule has 1 N–H and O–H groups in total. The molecule has 0 radical (unpaired) electrons. The quantitative estimate of drug-likeness (QED) is 0.640. The molecule has 1 unspecified atom stereocenters. The van der Waals surface area contributed by atoms with Gasteiger partial charge in [0, 0.05) is 39.3 Å². The summed E-state index contributed by atoms with van der Waals surface area (Å²) in [6.45, 7) is 5.73.